The zero-order valence-electron chi connectivity index (χ0n) is 17.5. The second-order valence-corrected chi connectivity index (χ2v) is 9.24. The normalized spacial score (nSPS) is 14.4. The molecule has 0 spiro atoms. The predicted octanol–water partition coefficient (Wildman–Crippen LogP) is 4.52. The minimum absolute atomic E-state index is 0.0190. The molecule has 2 heterocycles. The summed E-state index contributed by atoms with van der Waals surface area (Å²) in [6.45, 7) is 3.01. The van der Waals surface area contributed by atoms with Gasteiger partial charge in [-0.3, -0.25) is 4.79 Å². The lowest BCUT2D eigenvalue weighted by Crippen LogP contribution is -2.28. The maximum absolute atomic E-state index is 13.1. The molecule has 2 aromatic carbocycles. The lowest BCUT2D eigenvalue weighted by Gasteiger charge is -2.19. The molecule has 0 bridgehead atoms. The van der Waals surface area contributed by atoms with E-state index in [1.165, 1.54) is 34.6 Å². The number of nitrogens with one attached hydrogen (secondary N) is 1. The average molecular weight is 459 g/mol. The summed E-state index contributed by atoms with van der Waals surface area (Å²) in [5.74, 6) is -0.198. The Labute approximate surface area is 185 Å². The first-order valence-electron chi connectivity index (χ1n) is 10.3. The summed E-state index contributed by atoms with van der Waals surface area (Å²) < 4.78 is 51.9. The number of amides is 1. The minimum atomic E-state index is -3.75. The fourth-order valence-electron chi connectivity index (χ4n) is 3.55. The van der Waals surface area contributed by atoms with Crippen LogP contribution in [0.2, 0.25) is 0 Å². The summed E-state index contributed by atoms with van der Waals surface area (Å²) in [7, 11) is -3.75. The van der Waals surface area contributed by atoms with Gasteiger partial charge in [0.15, 0.2) is 5.76 Å². The first-order chi connectivity index (χ1) is 15.4. The number of hydrogen-bond donors (Lipinski definition) is 1. The fraction of sp³-hybridized carbons (Fsp3) is 0.261. The fourth-order valence-corrected chi connectivity index (χ4v) is 5.23. The van der Waals surface area contributed by atoms with Crippen molar-refractivity contribution in [3.05, 3.63) is 66.2 Å². The molecule has 1 aromatic heterocycles. The molecule has 4 rings (SSSR count). The molecule has 1 aliphatic heterocycles. The van der Waals surface area contributed by atoms with Gasteiger partial charge in [-0.2, -0.15) is 4.31 Å². The van der Waals surface area contributed by atoms with Gasteiger partial charge >= 0.3 is 0 Å². The average Bonchev–Trinajstić information content (AvgIpc) is 3.48. The van der Waals surface area contributed by atoms with E-state index >= 15 is 0 Å². The number of rotatable bonds is 7. The second-order valence-electron chi connectivity index (χ2n) is 7.33. The minimum Gasteiger partial charge on any atom is -0.492 e. The maximum Gasteiger partial charge on any atom is 0.291 e. The number of ether oxygens (including phenoxy) is 1. The molecule has 9 heteroatoms. The monoisotopic (exact) mass is 458 g/mol. The summed E-state index contributed by atoms with van der Waals surface area (Å²) >= 11 is 0. The molecule has 32 heavy (non-hydrogen) atoms. The molecule has 168 valence electrons. The van der Waals surface area contributed by atoms with Gasteiger partial charge in [-0.05, 0) is 74.4 Å². The van der Waals surface area contributed by atoms with E-state index in [-0.39, 0.29) is 22.2 Å². The SMILES string of the molecule is CCOc1ccc(NC(=O)c2ccc(-c3ccc(F)cc3)o2)cc1S(=O)(=O)N1CCCC1. The molecule has 1 fully saturated rings. The lowest BCUT2D eigenvalue weighted by atomic mass is 10.2. The molecule has 3 aromatic rings. The number of carbonyl (C=O) groups excluding carboxylic acids is 1. The zero-order chi connectivity index (χ0) is 22.7. The third kappa shape index (κ3) is 4.53. The van der Waals surface area contributed by atoms with Crippen molar-refractivity contribution in [3.8, 4) is 17.1 Å². The first kappa shape index (κ1) is 22.0. The summed E-state index contributed by atoms with van der Waals surface area (Å²) in [5, 5.41) is 2.67. The van der Waals surface area contributed by atoms with Crippen molar-refractivity contribution in [2.24, 2.45) is 0 Å². The van der Waals surface area contributed by atoms with Gasteiger partial charge in [0.05, 0.1) is 6.61 Å². The van der Waals surface area contributed by atoms with Gasteiger partial charge in [0.2, 0.25) is 10.0 Å². The molecule has 0 saturated carbocycles. The van der Waals surface area contributed by atoms with Gasteiger partial charge < -0.3 is 14.5 Å². The molecular formula is C23H23FN2O5S. The second kappa shape index (κ2) is 9.13. The summed E-state index contributed by atoms with van der Waals surface area (Å²) in [4.78, 5) is 12.7. The van der Waals surface area contributed by atoms with E-state index in [9.17, 15) is 17.6 Å². The highest BCUT2D eigenvalue weighted by Crippen LogP contribution is 2.32. The predicted molar refractivity (Wildman–Crippen MR) is 118 cm³/mol. The number of benzene rings is 2. The van der Waals surface area contributed by atoms with E-state index in [1.54, 1.807) is 31.2 Å². The van der Waals surface area contributed by atoms with Gasteiger partial charge in [0.1, 0.15) is 22.2 Å². The van der Waals surface area contributed by atoms with Gasteiger partial charge in [-0.15, -0.1) is 0 Å². The third-order valence-corrected chi connectivity index (χ3v) is 7.06. The number of halogens is 1. The van der Waals surface area contributed by atoms with Crippen LogP contribution in [0.5, 0.6) is 5.75 Å². The smallest absolute Gasteiger partial charge is 0.291 e. The van der Waals surface area contributed by atoms with E-state index in [4.69, 9.17) is 9.15 Å². The lowest BCUT2D eigenvalue weighted by molar-refractivity contribution is 0.0997. The van der Waals surface area contributed by atoms with Crippen molar-refractivity contribution in [2.75, 3.05) is 25.0 Å². The van der Waals surface area contributed by atoms with E-state index < -0.39 is 15.9 Å². The molecule has 1 aliphatic rings. The largest absolute Gasteiger partial charge is 0.492 e. The summed E-state index contributed by atoms with van der Waals surface area (Å²) in [5.41, 5.74) is 0.932. The van der Waals surface area contributed by atoms with E-state index in [1.807, 2.05) is 0 Å². The summed E-state index contributed by atoms with van der Waals surface area (Å²) in [6.07, 6.45) is 1.63. The van der Waals surface area contributed by atoms with Crippen LogP contribution in [0.15, 0.2) is 63.9 Å². The van der Waals surface area contributed by atoms with Gasteiger partial charge in [-0.1, -0.05) is 0 Å². The summed E-state index contributed by atoms with van der Waals surface area (Å²) in [6, 6.07) is 13.4. The number of furan rings is 1. The van der Waals surface area contributed by atoms with E-state index in [0.29, 0.717) is 36.7 Å². The van der Waals surface area contributed by atoms with Crippen molar-refractivity contribution in [1.29, 1.82) is 0 Å². The van der Waals surface area contributed by atoms with E-state index in [0.717, 1.165) is 12.8 Å². The highest BCUT2D eigenvalue weighted by atomic mass is 32.2. The molecule has 0 atom stereocenters. The highest BCUT2D eigenvalue weighted by molar-refractivity contribution is 7.89. The molecule has 7 nitrogen and oxygen atoms in total. The number of sulfonamides is 1. The first-order valence-corrected chi connectivity index (χ1v) is 11.8. The van der Waals surface area contributed by atoms with Crippen molar-refractivity contribution >= 4 is 21.6 Å². The maximum atomic E-state index is 13.1. The van der Waals surface area contributed by atoms with Gasteiger partial charge in [0.25, 0.3) is 5.91 Å². The third-order valence-electron chi connectivity index (χ3n) is 5.14. The highest BCUT2D eigenvalue weighted by Gasteiger charge is 2.30. The Hall–Kier alpha value is -3.17. The Morgan fingerprint density at radius 1 is 1.09 bits per heavy atom. The van der Waals surface area contributed by atoms with Crippen LogP contribution >= 0.6 is 0 Å². The Bertz CT molecular complexity index is 1220. The molecule has 0 unspecified atom stereocenters. The zero-order valence-corrected chi connectivity index (χ0v) is 18.3. The van der Waals surface area contributed by atoms with Crippen molar-refractivity contribution in [2.45, 2.75) is 24.7 Å². The quantitative estimate of drug-likeness (QED) is 0.562. The molecule has 0 aliphatic carbocycles. The van der Waals surface area contributed by atoms with E-state index in [2.05, 4.69) is 5.32 Å². The van der Waals surface area contributed by atoms with Crippen LogP contribution in [0, 0.1) is 5.82 Å². The number of carbonyl (C=O) groups is 1. The van der Waals surface area contributed by atoms with Gasteiger partial charge in [0, 0.05) is 24.3 Å². The van der Waals surface area contributed by atoms with Crippen LogP contribution in [-0.4, -0.2) is 38.3 Å². The standard InChI is InChI=1S/C23H23FN2O5S/c1-2-30-20-10-9-18(15-22(20)32(28,29)26-13-3-4-14-26)25-23(27)21-12-11-19(31-21)16-5-7-17(24)8-6-16/h5-12,15H,2-4,13-14H2,1H3,(H,25,27). The van der Waals surface area contributed by atoms with Crippen LogP contribution in [-0.2, 0) is 10.0 Å². The molecule has 0 radical (unpaired) electrons. The van der Waals surface area contributed by atoms with Crippen LogP contribution < -0.4 is 10.1 Å². The van der Waals surface area contributed by atoms with Crippen LogP contribution in [0.25, 0.3) is 11.3 Å². The Morgan fingerprint density at radius 3 is 2.50 bits per heavy atom. The van der Waals surface area contributed by atoms with Crippen molar-refractivity contribution < 1.29 is 26.8 Å². The Kier molecular flexibility index (Phi) is 6.29. The van der Waals surface area contributed by atoms with Crippen molar-refractivity contribution in [3.63, 3.8) is 0 Å². The topological polar surface area (TPSA) is 88.8 Å². The number of hydrogen-bond acceptors (Lipinski definition) is 5. The Balaban J connectivity index is 1.58. The van der Waals surface area contributed by atoms with Gasteiger partial charge in [-0.25, -0.2) is 12.8 Å². The molecular weight excluding hydrogens is 435 g/mol. The number of nitrogens with zero attached hydrogens (tertiary/aromatic N) is 1. The van der Waals surface area contributed by atoms with Crippen LogP contribution in [0.4, 0.5) is 10.1 Å². The van der Waals surface area contributed by atoms with Crippen molar-refractivity contribution in [1.82, 2.24) is 4.31 Å². The van der Waals surface area contributed by atoms with Crippen LogP contribution in [0.3, 0.4) is 0 Å². The van der Waals surface area contributed by atoms with Crippen LogP contribution in [0.1, 0.15) is 30.3 Å². The molecule has 1 amide bonds. The Morgan fingerprint density at radius 2 is 1.81 bits per heavy atom. The number of anilines is 1. The molecule has 1 N–H and O–H groups in total. The molecule has 1 saturated heterocycles.